The summed E-state index contributed by atoms with van der Waals surface area (Å²) in [6, 6.07) is 5.36. The highest BCUT2D eigenvalue weighted by Gasteiger charge is 2.19. The molecule has 0 saturated carbocycles. The van der Waals surface area contributed by atoms with Crippen molar-refractivity contribution >= 4 is 16.5 Å². The number of ether oxygens (including phenoxy) is 1. The van der Waals surface area contributed by atoms with Crippen molar-refractivity contribution in [3.8, 4) is 17.1 Å². The molecule has 8 heteroatoms. The molecule has 7 nitrogen and oxygen atoms in total. The molecule has 0 spiro atoms. The summed E-state index contributed by atoms with van der Waals surface area (Å²) >= 11 is 0. The molecule has 2 aromatic rings. The maximum absolute atomic E-state index is 11.5. The van der Waals surface area contributed by atoms with E-state index < -0.39 is 10.8 Å². The van der Waals surface area contributed by atoms with E-state index in [4.69, 9.17) is 10.5 Å². The van der Waals surface area contributed by atoms with Crippen molar-refractivity contribution in [1.82, 2.24) is 20.2 Å². The first-order valence-corrected chi connectivity index (χ1v) is 7.68. The van der Waals surface area contributed by atoms with Crippen LogP contribution in [0, 0.1) is 0 Å². The number of nitrogen functional groups attached to an aromatic ring is 1. The van der Waals surface area contributed by atoms with E-state index in [1.807, 2.05) is 6.92 Å². The highest BCUT2D eigenvalue weighted by atomic mass is 32.2. The van der Waals surface area contributed by atoms with Crippen molar-refractivity contribution in [2.45, 2.75) is 18.7 Å². The molecular formula is C12H17N5O2S. The number of methoxy groups -OCH3 is 1. The van der Waals surface area contributed by atoms with E-state index in [0.29, 0.717) is 29.4 Å². The molecule has 0 aliphatic rings. The van der Waals surface area contributed by atoms with E-state index in [0.717, 1.165) is 0 Å². The Morgan fingerprint density at radius 1 is 1.50 bits per heavy atom. The lowest BCUT2D eigenvalue weighted by Gasteiger charge is -2.13. The number of tetrazole rings is 1. The smallest absolute Gasteiger partial charge is 0.187 e. The number of benzene rings is 1. The molecule has 1 heterocycles. The van der Waals surface area contributed by atoms with Crippen LogP contribution < -0.4 is 10.5 Å². The van der Waals surface area contributed by atoms with Crippen molar-refractivity contribution < 1.29 is 8.95 Å². The van der Waals surface area contributed by atoms with Crippen LogP contribution in [-0.4, -0.2) is 43.0 Å². The second kappa shape index (κ2) is 6.00. The maximum Gasteiger partial charge on any atom is 0.187 e. The molecular weight excluding hydrogens is 278 g/mol. The third kappa shape index (κ3) is 2.79. The molecule has 1 aromatic heterocycles. The van der Waals surface area contributed by atoms with Gasteiger partial charge < -0.3 is 10.5 Å². The Bertz CT molecular complexity index is 628. The second-order valence-electron chi connectivity index (χ2n) is 4.42. The lowest BCUT2D eigenvalue weighted by molar-refractivity contribution is 0.416. The molecule has 20 heavy (non-hydrogen) atoms. The van der Waals surface area contributed by atoms with E-state index in [1.54, 1.807) is 36.2 Å². The number of hydrogen-bond acceptors (Lipinski definition) is 6. The van der Waals surface area contributed by atoms with Gasteiger partial charge in [0.1, 0.15) is 5.75 Å². The van der Waals surface area contributed by atoms with Crippen LogP contribution in [0.25, 0.3) is 11.4 Å². The average Bonchev–Trinajstić information content (AvgIpc) is 2.86. The molecule has 0 aliphatic carbocycles. The zero-order valence-electron chi connectivity index (χ0n) is 11.6. The molecule has 0 amide bonds. The highest BCUT2D eigenvalue weighted by Crippen LogP contribution is 2.33. The zero-order valence-corrected chi connectivity index (χ0v) is 12.4. The van der Waals surface area contributed by atoms with E-state index in [1.165, 1.54) is 0 Å². The minimum atomic E-state index is -0.951. The van der Waals surface area contributed by atoms with Gasteiger partial charge in [-0.15, -0.1) is 5.10 Å². The van der Waals surface area contributed by atoms with Crippen LogP contribution in [0.5, 0.6) is 5.75 Å². The Balaban J connectivity index is 2.45. The van der Waals surface area contributed by atoms with Crippen LogP contribution in [0.1, 0.15) is 6.92 Å². The number of nitrogens with two attached hydrogens (primary N) is 1. The van der Waals surface area contributed by atoms with Gasteiger partial charge in [0.05, 0.1) is 24.5 Å². The summed E-state index contributed by atoms with van der Waals surface area (Å²) in [5.74, 6) is 1.11. The molecule has 0 radical (unpaired) electrons. The zero-order chi connectivity index (χ0) is 14.7. The molecule has 2 rings (SSSR count). The van der Waals surface area contributed by atoms with Crippen molar-refractivity contribution in [3.63, 3.8) is 0 Å². The van der Waals surface area contributed by atoms with Crippen LogP contribution in [0.15, 0.2) is 18.2 Å². The average molecular weight is 295 g/mol. The van der Waals surface area contributed by atoms with Crippen LogP contribution >= 0.6 is 0 Å². The fourth-order valence-electron chi connectivity index (χ4n) is 1.81. The molecule has 1 aromatic carbocycles. The molecule has 0 aliphatic heterocycles. The Morgan fingerprint density at radius 2 is 2.25 bits per heavy atom. The fraction of sp³-hybridized carbons (Fsp3) is 0.417. The van der Waals surface area contributed by atoms with Gasteiger partial charge in [-0.1, -0.05) is 6.07 Å². The first-order valence-electron chi connectivity index (χ1n) is 6.05. The van der Waals surface area contributed by atoms with Crippen LogP contribution in [0.4, 0.5) is 5.69 Å². The van der Waals surface area contributed by atoms with Gasteiger partial charge in [0.25, 0.3) is 0 Å². The predicted molar refractivity (Wildman–Crippen MR) is 77.7 cm³/mol. The Kier molecular flexibility index (Phi) is 4.33. The Hall–Kier alpha value is -1.96. The summed E-state index contributed by atoms with van der Waals surface area (Å²) in [4.78, 5) is 0. The monoisotopic (exact) mass is 295 g/mol. The van der Waals surface area contributed by atoms with Crippen molar-refractivity contribution in [2.75, 3.05) is 19.1 Å². The third-order valence-electron chi connectivity index (χ3n) is 3.03. The third-order valence-corrected chi connectivity index (χ3v) is 4.31. The fourth-order valence-corrected chi connectivity index (χ4v) is 2.16. The Labute approximate surface area is 119 Å². The summed E-state index contributed by atoms with van der Waals surface area (Å²) in [5, 5.41) is 11.6. The number of aromatic nitrogens is 4. The van der Waals surface area contributed by atoms with Gasteiger partial charge in [-0.25, -0.2) is 4.68 Å². The number of nitrogens with zero attached hydrogens (tertiary/aromatic N) is 4. The van der Waals surface area contributed by atoms with E-state index in [2.05, 4.69) is 15.5 Å². The SMILES string of the molecule is COc1cccc(N)c1-c1nnnn1CC(C)S(C)=O. The van der Waals surface area contributed by atoms with Crippen LogP contribution in [0.3, 0.4) is 0 Å². The van der Waals surface area contributed by atoms with Gasteiger partial charge >= 0.3 is 0 Å². The number of hydrogen-bond donors (Lipinski definition) is 1. The topological polar surface area (TPSA) is 95.9 Å². The van der Waals surface area contributed by atoms with Gasteiger partial charge in [0, 0.05) is 22.7 Å². The second-order valence-corrected chi connectivity index (χ2v) is 6.22. The van der Waals surface area contributed by atoms with Gasteiger partial charge in [-0.05, 0) is 29.5 Å². The van der Waals surface area contributed by atoms with Crippen molar-refractivity contribution in [2.24, 2.45) is 0 Å². The predicted octanol–water partition coefficient (Wildman–Crippen LogP) is 0.698. The summed E-state index contributed by atoms with van der Waals surface area (Å²) in [6.07, 6.45) is 1.66. The molecule has 0 saturated heterocycles. The van der Waals surface area contributed by atoms with Crippen molar-refractivity contribution in [3.05, 3.63) is 18.2 Å². The van der Waals surface area contributed by atoms with Crippen molar-refractivity contribution in [1.29, 1.82) is 0 Å². The Morgan fingerprint density at radius 3 is 2.90 bits per heavy atom. The summed E-state index contributed by atoms with van der Waals surface area (Å²) < 4.78 is 18.4. The standard InChI is InChI=1S/C12H17N5O2S/c1-8(20(3)18)7-17-12(14-15-16-17)11-9(13)5-4-6-10(11)19-2/h4-6,8H,7,13H2,1-3H3. The number of anilines is 1. The van der Waals surface area contributed by atoms with Crippen LogP contribution in [-0.2, 0) is 17.3 Å². The first-order chi connectivity index (χ1) is 9.54. The molecule has 2 N–H and O–H groups in total. The van der Waals surface area contributed by atoms with Gasteiger partial charge in [0.2, 0.25) is 0 Å². The van der Waals surface area contributed by atoms with E-state index >= 15 is 0 Å². The maximum atomic E-state index is 11.5. The molecule has 2 atom stereocenters. The normalized spacial score (nSPS) is 13.9. The lowest BCUT2D eigenvalue weighted by Crippen LogP contribution is -2.19. The van der Waals surface area contributed by atoms with Gasteiger partial charge in [0.15, 0.2) is 5.82 Å². The molecule has 0 fully saturated rings. The summed E-state index contributed by atoms with van der Waals surface area (Å²) in [6.45, 7) is 2.33. The summed E-state index contributed by atoms with van der Waals surface area (Å²) in [7, 11) is 0.615. The molecule has 0 bridgehead atoms. The highest BCUT2D eigenvalue weighted by molar-refractivity contribution is 7.84. The number of rotatable bonds is 5. The van der Waals surface area contributed by atoms with E-state index in [9.17, 15) is 4.21 Å². The molecule has 108 valence electrons. The quantitative estimate of drug-likeness (QED) is 0.816. The van der Waals surface area contributed by atoms with E-state index in [-0.39, 0.29) is 5.25 Å². The minimum Gasteiger partial charge on any atom is -0.496 e. The lowest BCUT2D eigenvalue weighted by atomic mass is 10.1. The largest absolute Gasteiger partial charge is 0.496 e. The van der Waals surface area contributed by atoms with Gasteiger partial charge in [-0.2, -0.15) is 0 Å². The first kappa shape index (κ1) is 14.4. The van der Waals surface area contributed by atoms with Gasteiger partial charge in [-0.3, -0.25) is 4.21 Å². The minimum absolute atomic E-state index is 0.0619. The van der Waals surface area contributed by atoms with Crippen LogP contribution in [0.2, 0.25) is 0 Å². The summed E-state index contributed by atoms with van der Waals surface area (Å²) in [5.41, 5.74) is 7.18. The molecule has 2 unspecified atom stereocenters.